The second kappa shape index (κ2) is 5.68. The van der Waals surface area contributed by atoms with Crippen LogP contribution in [0.2, 0.25) is 5.02 Å². The summed E-state index contributed by atoms with van der Waals surface area (Å²) in [7, 11) is 2.89. The Labute approximate surface area is 98.7 Å². The van der Waals surface area contributed by atoms with E-state index in [4.69, 9.17) is 26.8 Å². The molecule has 0 aromatic heterocycles. The molecule has 0 aliphatic carbocycles. The molecule has 15 heavy (non-hydrogen) atoms. The summed E-state index contributed by atoms with van der Waals surface area (Å²) >= 11 is 5.83. The second-order valence-electron chi connectivity index (χ2n) is 2.55. The van der Waals surface area contributed by atoms with E-state index in [2.05, 4.69) is 0 Å². The van der Waals surface area contributed by atoms with Crippen LogP contribution in [0.5, 0.6) is 11.5 Å². The maximum atomic E-state index is 11.0. The molecule has 0 aliphatic rings. The van der Waals surface area contributed by atoms with Gasteiger partial charge in [-0.15, -0.1) is 12.4 Å². The van der Waals surface area contributed by atoms with E-state index >= 15 is 0 Å². The van der Waals surface area contributed by atoms with Crippen LogP contribution in [0.4, 0.5) is 0 Å². The number of halogens is 2. The van der Waals surface area contributed by atoms with Gasteiger partial charge in [0.2, 0.25) is 0 Å². The zero-order chi connectivity index (χ0) is 10.7. The van der Waals surface area contributed by atoms with Crippen molar-refractivity contribution in [1.82, 2.24) is 0 Å². The molecule has 0 saturated carbocycles. The maximum absolute atomic E-state index is 11.0. The van der Waals surface area contributed by atoms with Crippen molar-refractivity contribution in [2.75, 3.05) is 14.2 Å². The van der Waals surface area contributed by atoms with Gasteiger partial charge >= 0.3 is 0 Å². The Kier molecular flexibility index (Phi) is 5.25. The molecule has 6 heteroatoms. The molecule has 0 fully saturated rings. The van der Waals surface area contributed by atoms with E-state index < -0.39 is 5.91 Å². The summed E-state index contributed by atoms with van der Waals surface area (Å²) in [5.41, 5.74) is 5.39. The number of hydrogen-bond donors (Lipinski definition) is 1. The summed E-state index contributed by atoms with van der Waals surface area (Å²) in [6, 6.07) is 2.93. The van der Waals surface area contributed by atoms with Gasteiger partial charge in [-0.2, -0.15) is 0 Å². The second-order valence-corrected chi connectivity index (χ2v) is 2.96. The number of nitrogens with two attached hydrogens (primary N) is 1. The lowest BCUT2D eigenvalue weighted by Gasteiger charge is -2.09. The Morgan fingerprint density at radius 2 is 1.80 bits per heavy atom. The summed E-state index contributed by atoms with van der Waals surface area (Å²) < 4.78 is 9.89. The van der Waals surface area contributed by atoms with Crippen molar-refractivity contribution in [3.8, 4) is 11.5 Å². The van der Waals surface area contributed by atoms with Crippen LogP contribution in [0.25, 0.3) is 0 Å². The highest BCUT2D eigenvalue weighted by molar-refractivity contribution is 6.32. The maximum Gasteiger partial charge on any atom is 0.252 e. The molecular weight excluding hydrogens is 241 g/mol. The number of carbonyl (C=O) groups is 1. The topological polar surface area (TPSA) is 61.5 Å². The lowest BCUT2D eigenvalue weighted by Crippen LogP contribution is -2.12. The van der Waals surface area contributed by atoms with Gasteiger partial charge < -0.3 is 15.2 Å². The minimum Gasteiger partial charge on any atom is -0.496 e. The Morgan fingerprint density at radius 3 is 2.20 bits per heavy atom. The van der Waals surface area contributed by atoms with E-state index in [1.807, 2.05) is 0 Å². The first-order valence-electron chi connectivity index (χ1n) is 3.81. The largest absolute Gasteiger partial charge is 0.496 e. The van der Waals surface area contributed by atoms with Crippen LogP contribution in [0.3, 0.4) is 0 Å². The minimum absolute atomic E-state index is 0. The molecule has 0 spiro atoms. The summed E-state index contributed by atoms with van der Waals surface area (Å²) in [5.74, 6) is 0.140. The van der Waals surface area contributed by atoms with Gasteiger partial charge in [0.25, 0.3) is 5.91 Å². The molecule has 4 nitrogen and oxygen atoms in total. The highest BCUT2D eigenvalue weighted by Gasteiger charge is 2.13. The molecule has 2 N–H and O–H groups in total. The Hall–Kier alpha value is -1.13. The van der Waals surface area contributed by atoms with E-state index in [0.29, 0.717) is 16.5 Å². The lowest BCUT2D eigenvalue weighted by molar-refractivity contribution is 0.0997. The summed E-state index contributed by atoms with van der Waals surface area (Å²) in [5, 5.41) is 0.370. The van der Waals surface area contributed by atoms with Crippen molar-refractivity contribution >= 4 is 29.9 Å². The third-order valence-electron chi connectivity index (χ3n) is 1.74. The first kappa shape index (κ1) is 13.9. The summed E-state index contributed by atoms with van der Waals surface area (Å²) in [6.07, 6.45) is 0. The van der Waals surface area contributed by atoms with Gasteiger partial charge in [-0.25, -0.2) is 0 Å². The van der Waals surface area contributed by atoms with Crippen LogP contribution >= 0.6 is 24.0 Å². The number of methoxy groups -OCH3 is 2. The third-order valence-corrected chi connectivity index (χ3v) is 2.03. The number of benzene rings is 1. The predicted molar refractivity (Wildman–Crippen MR) is 60.3 cm³/mol. The van der Waals surface area contributed by atoms with Crippen molar-refractivity contribution < 1.29 is 14.3 Å². The fourth-order valence-corrected chi connectivity index (χ4v) is 1.28. The number of carbonyl (C=O) groups excluding carboxylic acids is 1. The van der Waals surface area contributed by atoms with E-state index in [1.165, 1.54) is 26.4 Å². The lowest BCUT2D eigenvalue weighted by atomic mass is 10.2. The molecule has 84 valence electrons. The zero-order valence-electron chi connectivity index (χ0n) is 8.24. The van der Waals surface area contributed by atoms with Crippen LogP contribution in [0.1, 0.15) is 10.4 Å². The van der Waals surface area contributed by atoms with E-state index in [1.54, 1.807) is 0 Å². The number of rotatable bonds is 3. The van der Waals surface area contributed by atoms with Crippen molar-refractivity contribution in [2.24, 2.45) is 5.73 Å². The molecule has 1 amide bonds. The van der Waals surface area contributed by atoms with Gasteiger partial charge in [0.1, 0.15) is 11.5 Å². The standard InChI is InChI=1S/C9H10ClNO3.ClH/c1-13-7-4-6(10)8(14-2)3-5(7)9(11)12;/h3-4H,1-2H3,(H2,11,12);1H. The monoisotopic (exact) mass is 251 g/mol. The first-order chi connectivity index (χ1) is 6.60. The molecule has 0 saturated heterocycles. The SMILES string of the molecule is COc1cc(C(N)=O)c(OC)cc1Cl.Cl. The molecule has 1 aromatic carbocycles. The van der Waals surface area contributed by atoms with Gasteiger partial charge in [-0.3, -0.25) is 4.79 Å². The average Bonchev–Trinajstić information content (AvgIpc) is 2.16. The van der Waals surface area contributed by atoms with Crippen molar-refractivity contribution in [2.45, 2.75) is 0 Å². The Morgan fingerprint density at radius 1 is 1.27 bits per heavy atom. The molecular formula is C9H11Cl2NO3. The molecule has 0 unspecified atom stereocenters. The molecule has 0 aliphatic heterocycles. The van der Waals surface area contributed by atoms with Gasteiger partial charge in [-0.1, -0.05) is 11.6 Å². The normalized spacial score (nSPS) is 9.00. The van der Waals surface area contributed by atoms with Crippen LogP contribution in [-0.2, 0) is 0 Å². The first-order valence-corrected chi connectivity index (χ1v) is 4.19. The summed E-state index contributed by atoms with van der Waals surface area (Å²) in [6.45, 7) is 0. The fourth-order valence-electron chi connectivity index (χ4n) is 1.05. The highest BCUT2D eigenvalue weighted by atomic mass is 35.5. The molecule has 0 radical (unpaired) electrons. The van der Waals surface area contributed by atoms with Gasteiger partial charge in [0, 0.05) is 6.07 Å². The van der Waals surface area contributed by atoms with Crippen LogP contribution in [0, 0.1) is 0 Å². The predicted octanol–water partition coefficient (Wildman–Crippen LogP) is 1.88. The van der Waals surface area contributed by atoms with Gasteiger partial charge in [0.15, 0.2) is 0 Å². The molecule has 1 aromatic rings. The van der Waals surface area contributed by atoms with Gasteiger partial charge in [-0.05, 0) is 6.07 Å². The van der Waals surface area contributed by atoms with Crippen molar-refractivity contribution in [1.29, 1.82) is 0 Å². The van der Waals surface area contributed by atoms with Gasteiger partial charge in [0.05, 0.1) is 24.8 Å². The fraction of sp³-hybridized carbons (Fsp3) is 0.222. The minimum atomic E-state index is -0.586. The Bertz CT molecular complexity index is 369. The Balaban J connectivity index is 0.00000196. The van der Waals surface area contributed by atoms with E-state index in [0.717, 1.165) is 0 Å². The number of ether oxygens (including phenoxy) is 2. The molecule has 0 atom stereocenters. The smallest absolute Gasteiger partial charge is 0.252 e. The van der Waals surface area contributed by atoms with Crippen LogP contribution < -0.4 is 15.2 Å². The summed E-state index contributed by atoms with van der Waals surface area (Å²) in [4.78, 5) is 11.0. The van der Waals surface area contributed by atoms with Crippen LogP contribution in [-0.4, -0.2) is 20.1 Å². The third kappa shape index (κ3) is 2.91. The zero-order valence-corrected chi connectivity index (χ0v) is 9.82. The highest BCUT2D eigenvalue weighted by Crippen LogP contribution is 2.31. The van der Waals surface area contributed by atoms with E-state index in [9.17, 15) is 4.79 Å². The molecule has 1 rings (SSSR count). The number of primary amides is 1. The molecule has 0 bridgehead atoms. The number of amides is 1. The number of hydrogen-bond acceptors (Lipinski definition) is 3. The quantitative estimate of drug-likeness (QED) is 0.893. The molecule has 0 heterocycles. The average molecular weight is 252 g/mol. The van der Waals surface area contributed by atoms with Crippen molar-refractivity contribution in [3.63, 3.8) is 0 Å². The van der Waals surface area contributed by atoms with Crippen LogP contribution in [0.15, 0.2) is 12.1 Å². The van der Waals surface area contributed by atoms with E-state index in [-0.39, 0.29) is 18.0 Å². The van der Waals surface area contributed by atoms with Crippen molar-refractivity contribution in [3.05, 3.63) is 22.7 Å².